The van der Waals surface area contributed by atoms with E-state index in [1.807, 2.05) is 51.1 Å². The van der Waals surface area contributed by atoms with Crippen molar-refractivity contribution >= 4 is 27.7 Å². The molecule has 0 spiro atoms. The minimum atomic E-state index is -0.0453. The van der Waals surface area contributed by atoms with E-state index in [1.165, 1.54) is 0 Å². The zero-order valence-corrected chi connectivity index (χ0v) is 18.1. The van der Waals surface area contributed by atoms with Gasteiger partial charge in [-0.1, -0.05) is 28.1 Å². The lowest BCUT2D eigenvalue weighted by molar-refractivity contribution is -0.134. The van der Waals surface area contributed by atoms with E-state index in [0.717, 1.165) is 26.9 Å². The Kier molecular flexibility index (Phi) is 6.39. The molecule has 0 atom stereocenters. The topological polar surface area (TPSA) is 49.9 Å². The van der Waals surface area contributed by atoms with Crippen LogP contribution in [0.25, 0.3) is 0 Å². The third kappa shape index (κ3) is 4.55. The van der Waals surface area contributed by atoms with Gasteiger partial charge in [0, 0.05) is 36.2 Å². The van der Waals surface area contributed by atoms with Crippen molar-refractivity contribution in [3.8, 4) is 5.75 Å². The molecule has 1 saturated heterocycles. The minimum Gasteiger partial charge on any atom is -0.483 e. The summed E-state index contributed by atoms with van der Waals surface area (Å²) >= 11 is 3.38. The zero-order chi connectivity index (χ0) is 20.3. The van der Waals surface area contributed by atoms with Crippen LogP contribution in [0.3, 0.4) is 0 Å². The number of rotatable bonds is 4. The van der Waals surface area contributed by atoms with Crippen LogP contribution in [0.15, 0.2) is 40.9 Å². The first-order valence-electron chi connectivity index (χ1n) is 9.39. The van der Waals surface area contributed by atoms with Crippen LogP contribution in [0, 0.1) is 20.8 Å². The van der Waals surface area contributed by atoms with E-state index in [-0.39, 0.29) is 18.4 Å². The van der Waals surface area contributed by atoms with Gasteiger partial charge in [0.25, 0.3) is 11.8 Å². The summed E-state index contributed by atoms with van der Waals surface area (Å²) in [7, 11) is 0. The van der Waals surface area contributed by atoms with E-state index < -0.39 is 0 Å². The second kappa shape index (κ2) is 8.78. The molecule has 3 rings (SSSR count). The smallest absolute Gasteiger partial charge is 0.260 e. The Hall–Kier alpha value is -2.34. The molecule has 1 fully saturated rings. The monoisotopic (exact) mass is 444 g/mol. The lowest BCUT2D eigenvalue weighted by Crippen LogP contribution is -2.51. The summed E-state index contributed by atoms with van der Waals surface area (Å²) in [5.41, 5.74) is 3.91. The van der Waals surface area contributed by atoms with Gasteiger partial charge in [0.2, 0.25) is 0 Å². The predicted octanol–water partition coefficient (Wildman–Crippen LogP) is 3.74. The summed E-state index contributed by atoms with van der Waals surface area (Å²) in [6, 6.07) is 11.4. The first-order valence-corrected chi connectivity index (χ1v) is 10.2. The van der Waals surface area contributed by atoms with Crippen molar-refractivity contribution in [2.75, 3.05) is 32.8 Å². The molecule has 0 unspecified atom stereocenters. The molecule has 0 radical (unpaired) electrons. The van der Waals surface area contributed by atoms with Gasteiger partial charge in [-0.25, -0.2) is 0 Å². The van der Waals surface area contributed by atoms with Crippen molar-refractivity contribution in [3.63, 3.8) is 0 Å². The molecular weight excluding hydrogens is 420 g/mol. The number of ether oxygens (including phenoxy) is 1. The van der Waals surface area contributed by atoms with Gasteiger partial charge in [0.05, 0.1) is 0 Å². The van der Waals surface area contributed by atoms with Gasteiger partial charge in [-0.3, -0.25) is 9.59 Å². The SMILES string of the molecule is Cc1ccc(C)c(OCC(=O)N2CCN(C(=O)c3ccc(Br)cc3)CC2)c1C. The number of amides is 2. The maximum atomic E-state index is 12.6. The molecule has 1 aliphatic rings. The summed E-state index contributed by atoms with van der Waals surface area (Å²) in [4.78, 5) is 28.7. The summed E-state index contributed by atoms with van der Waals surface area (Å²) in [6.45, 7) is 8.16. The van der Waals surface area contributed by atoms with E-state index in [4.69, 9.17) is 4.74 Å². The Labute approximate surface area is 174 Å². The molecule has 0 aliphatic carbocycles. The summed E-state index contributed by atoms with van der Waals surface area (Å²) in [6.07, 6.45) is 0. The van der Waals surface area contributed by atoms with E-state index in [9.17, 15) is 9.59 Å². The largest absolute Gasteiger partial charge is 0.483 e. The van der Waals surface area contributed by atoms with Crippen LogP contribution in [0.4, 0.5) is 0 Å². The number of carbonyl (C=O) groups excluding carboxylic acids is 2. The Bertz CT molecular complexity index is 872. The van der Waals surface area contributed by atoms with Crippen molar-refractivity contribution < 1.29 is 14.3 Å². The molecule has 0 saturated carbocycles. The highest BCUT2D eigenvalue weighted by Crippen LogP contribution is 2.25. The highest BCUT2D eigenvalue weighted by Gasteiger charge is 2.25. The molecule has 148 valence electrons. The van der Waals surface area contributed by atoms with E-state index in [2.05, 4.69) is 22.0 Å². The molecule has 2 amide bonds. The fraction of sp³-hybridized carbons (Fsp3) is 0.364. The van der Waals surface area contributed by atoms with Gasteiger partial charge >= 0.3 is 0 Å². The summed E-state index contributed by atoms with van der Waals surface area (Å²) in [5, 5.41) is 0. The standard InChI is InChI=1S/C22H25BrN2O3/c1-15-4-5-16(2)21(17(15)3)28-14-20(26)24-10-12-25(13-11-24)22(27)18-6-8-19(23)9-7-18/h4-9H,10-14H2,1-3H3. The number of aryl methyl sites for hydroxylation is 2. The van der Waals surface area contributed by atoms with Crippen molar-refractivity contribution in [3.05, 3.63) is 63.1 Å². The number of hydrogen-bond acceptors (Lipinski definition) is 3. The maximum Gasteiger partial charge on any atom is 0.260 e. The van der Waals surface area contributed by atoms with Crippen LogP contribution in [0.1, 0.15) is 27.0 Å². The van der Waals surface area contributed by atoms with Gasteiger partial charge in [0.15, 0.2) is 6.61 Å². The number of nitrogens with zero attached hydrogens (tertiary/aromatic N) is 2. The van der Waals surface area contributed by atoms with E-state index in [1.54, 1.807) is 9.80 Å². The average Bonchev–Trinajstić information content (AvgIpc) is 2.71. The molecule has 2 aromatic rings. The molecule has 0 N–H and O–H groups in total. The first-order chi connectivity index (χ1) is 13.4. The second-order valence-corrected chi connectivity index (χ2v) is 8.04. The van der Waals surface area contributed by atoms with Gasteiger partial charge in [-0.2, -0.15) is 0 Å². The van der Waals surface area contributed by atoms with E-state index >= 15 is 0 Å². The van der Waals surface area contributed by atoms with Crippen LogP contribution < -0.4 is 4.74 Å². The van der Waals surface area contributed by atoms with Crippen LogP contribution in [-0.4, -0.2) is 54.4 Å². The van der Waals surface area contributed by atoms with Crippen molar-refractivity contribution in [2.24, 2.45) is 0 Å². The van der Waals surface area contributed by atoms with Crippen LogP contribution in [0.5, 0.6) is 5.75 Å². The molecule has 6 heteroatoms. The summed E-state index contributed by atoms with van der Waals surface area (Å²) < 4.78 is 6.79. The van der Waals surface area contributed by atoms with Crippen LogP contribution >= 0.6 is 15.9 Å². The third-order valence-corrected chi connectivity index (χ3v) is 5.75. The lowest BCUT2D eigenvalue weighted by Gasteiger charge is -2.34. The minimum absolute atomic E-state index is 0.00172. The summed E-state index contributed by atoms with van der Waals surface area (Å²) in [5.74, 6) is 0.746. The normalized spacial score (nSPS) is 14.1. The highest BCUT2D eigenvalue weighted by atomic mass is 79.9. The fourth-order valence-corrected chi connectivity index (χ4v) is 3.57. The van der Waals surface area contributed by atoms with Crippen molar-refractivity contribution in [2.45, 2.75) is 20.8 Å². The molecule has 28 heavy (non-hydrogen) atoms. The molecule has 2 aromatic carbocycles. The number of halogens is 1. The van der Waals surface area contributed by atoms with Gasteiger partial charge in [0.1, 0.15) is 5.75 Å². The molecule has 5 nitrogen and oxygen atoms in total. The van der Waals surface area contributed by atoms with Crippen LogP contribution in [0.2, 0.25) is 0 Å². The molecule has 0 bridgehead atoms. The Balaban J connectivity index is 1.53. The molecule has 0 aromatic heterocycles. The van der Waals surface area contributed by atoms with E-state index in [0.29, 0.717) is 31.7 Å². The average molecular weight is 445 g/mol. The lowest BCUT2D eigenvalue weighted by atomic mass is 10.1. The predicted molar refractivity (Wildman–Crippen MR) is 113 cm³/mol. The van der Waals surface area contributed by atoms with Crippen molar-refractivity contribution in [1.29, 1.82) is 0 Å². The van der Waals surface area contributed by atoms with Gasteiger partial charge in [-0.15, -0.1) is 0 Å². The van der Waals surface area contributed by atoms with Crippen LogP contribution in [-0.2, 0) is 4.79 Å². The molecule has 1 aliphatic heterocycles. The Morgan fingerprint density at radius 2 is 1.46 bits per heavy atom. The van der Waals surface area contributed by atoms with Gasteiger partial charge in [-0.05, 0) is 61.7 Å². The Morgan fingerprint density at radius 3 is 2.11 bits per heavy atom. The number of hydrogen-bond donors (Lipinski definition) is 0. The second-order valence-electron chi connectivity index (χ2n) is 7.12. The highest BCUT2D eigenvalue weighted by molar-refractivity contribution is 9.10. The third-order valence-electron chi connectivity index (χ3n) is 5.22. The molecular formula is C22H25BrN2O3. The molecule has 1 heterocycles. The Morgan fingerprint density at radius 1 is 0.893 bits per heavy atom. The number of piperazine rings is 1. The number of carbonyl (C=O) groups is 2. The number of benzene rings is 2. The van der Waals surface area contributed by atoms with Crippen molar-refractivity contribution in [1.82, 2.24) is 9.80 Å². The quantitative estimate of drug-likeness (QED) is 0.721. The fourth-order valence-electron chi connectivity index (χ4n) is 3.31. The zero-order valence-electron chi connectivity index (χ0n) is 16.5. The maximum absolute atomic E-state index is 12.6. The first kappa shape index (κ1) is 20.4. The van der Waals surface area contributed by atoms with Gasteiger partial charge < -0.3 is 14.5 Å².